The summed E-state index contributed by atoms with van der Waals surface area (Å²) in [6, 6.07) is 8.72. The van der Waals surface area contributed by atoms with Crippen LogP contribution in [0.15, 0.2) is 24.3 Å². The molecular formula is C17H22O2. The molecule has 0 saturated heterocycles. The zero-order chi connectivity index (χ0) is 13.6. The molecule has 0 heterocycles. The quantitative estimate of drug-likeness (QED) is 0.773. The number of ether oxygens (including phenoxy) is 1. The van der Waals surface area contributed by atoms with E-state index in [-0.39, 0.29) is 11.5 Å². The summed E-state index contributed by atoms with van der Waals surface area (Å²) in [5, 5.41) is 0. The number of fused-ring (bicyclic) bond motifs is 2. The molecule has 2 nitrogen and oxygen atoms in total. The minimum Gasteiger partial charge on any atom is -0.380 e. The van der Waals surface area contributed by atoms with E-state index < -0.39 is 0 Å². The standard InChI is InChI=1S/C17H22O2/c1-11-8-13-6-4-5-7-15(13)17(11)12(2)9-14(18)10-16(17)19-3/h4-7,11-12,16H,8-10H2,1-3H3. The third-order valence-electron chi connectivity index (χ3n) is 5.41. The first-order valence-corrected chi connectivity index (χ1v) is 7.23. The second-order valence-corrected chi connectivity index (χ2v) is 6.27. The normalized spacial score (nSPS) is 37.6. The van der Waals surface area contributed by atoms with E-state index in [2.05, 4.69) is 38.1 Å². The molecule has 2 aliphatic carbocycles. The number of carbonyl (C=O) groups excluding carboxylic acids is 1. The summed E-state index contributed by atoms with van der Waals surface area (Å²) in [5.74, 6) is 1.25. The van der Waals surface area contributed by atoms with Gasteiger partial charge >= 0.3 is 0 Å². The van der Waals surface area contributed by atoms with Gasteiger partial charge in [-0.25, -0.2) is 0 Å². The third kappa shape index (κ3) is 1.62. The first-order chi connectivity index (χ1) is 9.10. The molecule has 1 aromatic rings. The maximum atomic E-state index is 11.9. The molecular weight excluding hydrogens is 236 g/mol. The Morgan fingerprint density at radius 2 is 1.79 bits per heavy atom. The summed E-state index contributed by atoms with van der Waals surface area (Å²) in [7, 11) is 1.76. The average Bonchev–Trinajstić information content (AvgIpc) is 2.68. The predicted octanol–water partition coefficient (Wildman–Crippen LogP) is 3.13. The largest absolute Gasteiger partial charge is 0.380 e. The van der Waals surface area contributed by atoms with Crippen LogP contribution >= 0.6 is 0 Å². The van der Waals surface area contributed by atoms with E-state index in [1.165, 1.54) is 11.1 Å². The lowest BCUT2D eigenvalue weighted by Gasteiger charge is -2.48. The predicted molar refractivity (Wildman–Crippen MR) is 75.2 cm³/mol. The van der Waals surface area contributed by atoms with E-state index in [0.29, 0.717) is 30.5 Å². The number of methoxy groups -OCH3 is 1. The maximum absolute atomic E-state index is 11.9. The van der Waals surface area contributed by atoms with E-state index in [1.54, 1.807) is 7.11 Å². The van der Waals surface area contributed by atoms with Crippen molar-refractivity contribution < 1.29 is 9.53 Å². The van der Waals surface area contributed by atoms with Gasteiger partial charge in [0, 0.05) is 25.4 Å². The molecule has 1 fully saturated rings. The molecule has 0 aliphatic heterocycles. The monoisotopic (exact) mass is 258 g/mol. The topological polar surface area (TPSA) is 26.3 Å². The van der Waals surface area contributed by atoms with Gasteiger partial charge in [0.25, 0.3) is 0 Å². The van der Waals surface area contributed by atoms with Crippen LogP contribution in [0.25, 0.3) is 0 Å². The molecule has 0 N–H and O–H groups in total. The summed E-state index contributed by atoms with van der Waals surface area (Å²) in [5.41, 5.74) is 2.90. The number of benzene rings is 1. The Hall–Kier alpha value is -1.15. The highest BCUT2D eigenvalue weighted by Gasteiger charge is 2.56. The van der Waals surface area contributed by atoms with E-state index in [9.17, 15) is 4.79 Å². The van der Waals surface area contributed by atoms with Crippen LogP contribution < -0.4 is 0 Å². The van der Waals surface area contributed by atoms with Crippen LogP contribution in [-0.2, 0) is 21.4 Å². The Morgan fingerprint density at radius 1 is 1.11 bits per heavy atom. The lowest BCUT2D eigenvalue weighted by atomic mass is 9.58. The van der Waals surface area contributed by atoms with Crippen molar-refractivity contribution in [3.63, 3.8) is 0 Å². The molecule has 0 bridgehead atoms. The van der Waals surface area contributed by atoms with E-state index in [1.807, 2.05) is 0 Å². The number of ketones is 1. The summed E-state index contributed by atoms with van der Waals surface area (Å²) in [4.78, 5) is 11.9. The summed E-state index contributed by atoms with van der Waals surface area (Å²) in [6.07, 6.45) is 2.40. The van der Waals surface area contributed by atoms with Crippen LogP contribution in [0.4, 0.5) is 0 Å². The molecule has 4 atom stereocenters. The Labute approximate surface area is 115 Å². The van der Waals surface area contributed by atoms with Crippen LogP contribution in [0.1, 0.15) is 37.8 Å². The summed E-state index contributed by atoms with van der Waals surface area (Å²) in [6.45, 7) is 4.54. The molecule has 0 amide bonds. The van der Waals surface area contributed by atoms with E-state index in [0.717, 1.165) is 6.42 Å². The summed E-state index contributed by atoms with van der Waals surface area (Å²) >= 11 is 0. The highest BCUT2D eigenvalue weighted by molar-refractivity contribution is 5.81. The van der Waals surface area contributed by atoms with Crippen molar-refractivity contribution in [2.75, 3.05) is 7.11 Å². The fraction of sp³-hybridized carbons (Fsp3) is 0.588. The molecule has 102 valence electrons. The molecule has 3 rings (SSSR count). The van der Waals surface area contributed by atoms with Crippen molar-refractivity contribution in [1.82, 2.24) is 0 Å². The lowest BCUT2D eigenvalue weighted by Crippen LogP contribution is -2.53. The molecule has 19 heavy (non-hydrogen) atoms. The molecule has 0 aromatic heterocycles. The van der Waals surface area contributed by atoms with Gasteiger partial charge < -0.3 is 4.74 Å². The van der Waals surface area contributed by atoms with Crippen LogP contribution in [0.5, 0.6) is 0 Å². The van der Waals surface area contributed by atoms with Crippen LogP contribution in [0, 0.1) is 11.8 Å². The molecule has 2 aliphatic rings. The minimum absolute atomic E-state index is 0.0270. The second kappa shape index (κ2) is 4.45. The van der Waals surface area contributed by atoms with E-state index >= 15 is 0 Å². The van der Waals surface area contributed by atoms with Gasteiger partial charge in [0.15, 0.2) is 0 Å². The summed E-state index contributed by atoms with van der Waals surface area (Å²) < 4.78 is 5.78. The van der Waals surface area contributed by atoms with Gasteiger partial charge in [-0.15, -0.1) is 0 Å². The van der Waals surface area contributed by atoms with Crippen LogP contribution in [0.2, 0.25) is 0 Å². The molecule has 0 radical (unpaired) electrons. The number of hydrogen-bond donors (Lipinski definition) is 0. The highest BCUT2D eigenvalue weighted by atomic mass is 16.5. The number of Topliss-reactive ketones (excluding diaryl/α,β-unsaturated/α-hetero) is 1. The molecule has 4 unspecified atom stereocenters. The van der Waals surface area contributed by atoms with Crippen LogP contribution in [0.3, 0.4) is 0 Å². The van der Waals surface area contributed by atoms with Gasteiger partial charge in [0.1, 0.15) is 5.78 Å². The van der Waals surface area contributed by atoms with Crippen LogP contribution in [-0.4, -0.2) is 19.0 Å². The van der Waals surface area contributed by atoms with Gasteiger partial charge in [-0.2, -0.15) is 0 Å². The number of hydrogen-bond acceptors (Lipinski definition) is 2. The zero-order valence-corrected chi connectivity index (χ0v) is 12.0. The maximum Gasteiger partial charge on any atom is 0.135 e. The number of carbonyl (C=O) groups is 1. The third-order valence-corrected chi connectivity index (χ3v) is 5.41. The van der Waals surface area contributed by atoms with Crippen molar-refractivity contribution in [3.8, 4) is 0 Å². The SMILES string of the molecule is COC1CC(=O)CC(C)C12c1ccccc1CC2C. The van der Waals surface area contributed by atoms with Gasteiger partial charge in [-0.3, -0.25) is 4.79 Å². The van der Waals surface area contributed by atoms with Crippen molar-refractivity contribution in [2.24, 2.45) is 11.8 Å². The molecule has 1 saturated carbocycles. The fourth-order valence-corrected chi connectivity index (χ4v) is 4.69. The molecule has 2 heteroatoms. The Kier molecular flexibility index (Phi) is 3.01. The van der Waals surface area contributed by atoms with Gasteiger partial charge in [-0.1, -0.05) is 38.1 Å². The zero-order valence-electron chi connectivity index (χ0n) is 12.0. The highest BCUT2D eigenvalue weighted by Crippen LogP contribution is 2.54. The fourth-order valence-electron chi connectivity index (χ4n) is 4.69. The Bertz CT molecular complexity index is 508. The van der Waals surface area contributed by atoms with Crippen molar-refractivity contribution in [2.45, 2.75) is 44.6 Å². The molecule has 1 aromatic carbocycles. The lowest BCUT2D eigenvalue weighted by molar-refractivity contribution is -0.132. The van der Waals surface area contributed by atoms with Gasteiger partial charge in [-0.05, 0) is 29.4 Å². The van der Waals surface area contributed by atoms with Crippen molar-refractivity contribution >= 4 is 5.78 Å². The van der Waals surface area contributed by atoms with Gasteiger partial charge in [0.2, 0.25) is 0 Å². The van der Waals surface area contributed by atoms with Gasteiger partial charge in [0.05, 0.1) is 6.10 Å². The minimum atomic E-state index is 0.0270. The van der Waals surface area contributed by atoms with Crippen molar-refractivity contribution in [3.05, 3.63) is 35.4 Å². The smallest absolute Gasteiger partial charge is 0.135 e. The van der Waals surface area contributed by atoms with Crippen molar-refractivity contribution in [1.29, 1.82) is 0 Å². The first kappa shape index (κ1) is 12.9. The average molecular weight is 258 g/mol. The van der Waals surface area contributed by atoms with E-state index in [4.69, 9.17) is 4.74 Å². The Morgan fingerprint density at radius 3 is 2.53 bits per heavy atom. The second-order valence-electron chi connectivity index (χ2n) is 6.27. The number of rotatable bonds is 1. The first-order valence-electron chi connectivity index (χ1n) is 7.23. The Balaban J connectivity index is 2.16. The molecule has 1 spiro atoms.